The molecule has 1 aliphatic rings. The van der Waals surface area contributed by atoms with Crippen molar-refractivity contribution in [3.05, 3.63) is 47.3 Å². The number of aryl methyl sites for hydroxylation is 1. The zero-order valence-electron chi connectivity index (χ0n) is 14.0. The second-order valence-electron chi connectivity index (χ2n) is 6.33. The second-order valence-corrected chi connectivity index (χ2v) is 6.33. The van der Waals surface area contributed by atoms with Crippen LogP contribution in [-0.4, -0.2) is 35.1 Å². The molecule has 1 amide bonds. The van der Waals surface area contributed by atoms with Crippen LogP contribution in [0, 0.1) is 0 Å². The monoisotopic (exact) mass is 326 g/mol. The van der Waals surface area contributed by atoms with Crippen LogP contribution >= 0.6 is 0 Å². The Balaban J connectivity index is 1.71. The number of aromatic nitrogens is 2. The minimum atomic E-state index is -0.0601. The van der Waals surface area contributed by atoms with Crippen LogP contribution in [0.3, 0.4) is 0 Å². The Labute approximate surface area is 141 Å². The van der Waals surface area contributed by atoms with E-state index in [0.717, 1.165) is 36.1 Å². The lowest BCUT2D eigenvalue weighted by Gasteiger charge is -2.26. The number of carbonyl (C=O) groups is 1. The molecule has 0 unspecified atom stereocenters. The normalized spacial score (nSPS) is 16.3. The van der Waals surface area contributed by atoms with E-state index in [0.29, 0.717) is 5.95 Å². The van der Waals surface area contributed by atoms with Crippen LogP contribution in [0.25, 0.3) is 0 Å². The van der Waals surface area contributed by atoms with E-state index < -0.39 is 0 Å². The van der Waals surface area contributed by atoms with Gasteiger partial charge in [0.05, 0.1) is 18.2 Å². The molecule has 1 aliphatic carbocycles. The number of hydrogen-bond donors (Lipinski definition) is 2. The third kappa shape index (κ3) is 3.64. The molecule has 1 aromatic heterocycles. The molecule has 1 atom stereocenters. The van der Waals surface area contributed by atoms with E-state index in [4.69, 9.17) is 0 Å². The maximum Gasteiger partial charge on any atom is 0.225 e. The van der Waals surface area contributed by atoms with E-state index in [2.05, 4.69) is 15.3 Å². The maximum absolute atomic E-state index is 12.3. The average molecular weight is 326 g/mol. The molecule has 0 radical (unpaired) electrons. The van der Waals surface area contributed by atoms with E-state index in [1.54, 1.807) is 18.2 Å². The molecule has 0 saturated heterocycles. The predicted octanol–water partition coefficient (Wildman–Crippen LogP) is 1.98. The number of aromatic hydroxyl groups is 1. The lowest BCUT2D eigenvalue weighted by atomic mass is 9.92. The van der Waals surface area contributed by atoms with Crippen LogP contribution < -0.4 is 10.2 Å². The summed E-state index contributed by atoms with van der Waals surface area (Å²) >= 11 is 0. The topological polar surface area (TPSA) is 78.4 Å². The van der Waals surface area contributed by atoms with Gasteiger partial charge in [0.1, 0.15) is 5.75 Å². The molecule has 0 aliphatic heterocycles. The maximum atomic E-state index is 12.3. The fourth-order valence-corrected chi connectivity index (χ4v) is 3.00. The van der Waals surface area contributed by atoms with Crippen LogP contribution in [0.5, 0.6) is 5.75 Å². The number of rotatable bonds is 4. The number of nitrogens with one attached hydrogen (secondary N) is 1. The van der Waals surface area contributed by atoms with Gasteiger partial charge >= 0.3 is 0 Å². The minimum absolute atomic E-state index is 0.0465. The van der Waals surface area contributed by atoms with Gasteiger partial charge in [0.25, 0.3) is 0 Å². The number of fused-ring (bicyclic) bond motifs is 1. The Morgan fingerprint density at radius 2 is 2.25 bits per heavy atom. The Morgan fingerprint density at radius 1 is 1.42 bits per heavy atom. The summed E-state index contributed by atoms with van der Waals surface area (Å²) in [5, 5.41) is 12.6. The third-order valence-corrected chi connectivity index (χ3v) is 4.18. The van der Waals surface area contributed by atoms with Crippen molar-refractivity contribution in [3.8, 4) is 5.75 Å². The van der Waals surface area contributed by atoms with Gasteiger partial charge in [-0.1, -0.05) is 12.1 Å². The van der Waals surface area contributed by atoms with Crippen molar-refractivity contribution in [2.75, 3.05) is 19.0 Å². The largest absolute Gasteiger partial charge is 0.508 e. The molecule has 1 heterocycles. The highest BCUT2D eigenvalue weighted by atomic mass is 16.3. The molecule has 126 valence electrons. The van der Waals surface area contributed by atoms with E-state index in [-0.39, 0.29) is 24.1 Å². The van der Waals surface area contributed by atoms with Gasteiger partial charge in [-0.25, -0.2) is 9.97 Å². The van der Waals surface area contributed by atoms with E-state index in [1.165, 1.54) is 0 Å². The number of amides is 1. The van der Waals surface area contributed by atoms with Crippen molar-refractivity contribution >= 4 is 11.9 Å². The van der Waals surface area contributed by atoms with Crippen LogP contribution in [0.1, 0.15) is 35.7 Å². The number of anilines is 1. The standard InChI is InChI=1S/C18H22N4O2/c1-22(2)18-19-11-14-15(7-4-8-16(14)21-18)20-17(24)10-12-5-3-6-13(23)9-12/h3,5-6,9,11,15,23H,4,7-8,10H2,1-2H3,(H,20,24)/t15-/m0/s1. The van der Waals surface area contributed by atoms with Crippen LogP contribution in [0.15, 0.2) is 30.5 Å². The molecule has 0 fully saturated rings. The number of nitrogens with zero attached hydrogens (tertiary/aromatic N) is 3. The second kappa shape index (κ2) is 6.86. The fraction of sp³-hybridized carbons (Fsp3) is 0.389. The third-order valence-electron chi connectivity index (χ3n) is 4.18. The molecule has 1 aromatic carbocycles. The smallest absolute Gasteiger partial charge is 0.225 e. The highest BCUT2D eigenvalue weighted by Crippen LogP contribution is 2.29. The number of benzene rings is 1. The molecule has 0 spiro atoms. The molecule has 2 aromatic rings. The van der Waals surface area contributed by atoms with E-state index in [1.807, 2.05) is 31.3 Å². The minimum Gasteiger partial charge on any atom is -0.508 e. The number of phenolic OH excluding ortho intramolecular Hbond substituents is 1. The zero-order valence-corrected chi connectivity index (χ0v) is 14.0. The first kappa shape index (κ1) is 16.2. The van der Waals surface area contributed by atoms with Gasteiger partial charge in [-0.2, -0.15) is 0 Å². The van der Waals surface area contributed by atoms with Gasteiger partial charge in [0, 0.05) is 25.9 Å². The van der Waals surface area contributed by atoms with Crippen molar-refractivity contribution in [1.29, 1.82) is 0 Å². The average Bonchev–Trinajstić information content (AvgIpc) is 2.54. The highest BCUT2D eigenvalue weighted by molar-refractivity contribution is 5.79. The molecule has 2 N–H and O–H groups in total. The number of phenols is 1. The first-order chi connectivity index (χ1) is 11.5. The summed E-state index contributed by atoms with van der Waals surface area (Å²) in [5.41, 5.74) is 2.82. The molecule has 24 heavy (non-hydrogen) atoms. The van der Waals surface area contributed by atoms with Crippen LogP contribution in [0.2, 0.25) is 0 Å². The molecule has 3 rings (SSSR count). The van der Waals surface area contributed by atoms with Crippen molar-refractivity contribution in [2.24, 2.45) is 0 Å². The Kier molecular flexibility index (Phi) is 4.64. The summed E-state index contributed by atoms with van der Waals surface area (Å²) in [5.74, 6) is 0.809. The predicted molar refractivity (Wildman–Crippen MR) is 92.0 cm³/mol. The lowest BCUT2D eigenvalue weighted by molar-refractivity contribution is -0.121. The van der Waals surface area contributed by atoms with Gasteiger partial charge < -0.3 is 15.3 Å². The summed E-state index contributed by atoms with van der Waals surface area (Å²) in [7, 11) is 3.83. The van der Waals surface area contributed by atoms with Gasteiger partial charge in [-0.05, 0) is 37.0 Å². The zero-order chi connectivity index (χ0) is 17.1. The summed E-state index contributed by atoms with van der Waals surface area (Å²) in [6.07, 6.45) is 4.88. The molecule has 6 nitrogen and oxygen atoms in total. The van der Waals surface area contributed by atoms with E-state index in [9.17, 15) is 9.90 Å². The molecular weight excluding hydrogens is 304 g/mol. The summed E-state index contributed by atoms with van der Waals surface area (Å²) in [4.78, 5) is 23.2. The molecular formula is C18H22N4O2. The summed E-state index contributed by atoms with van der Waals surface area (Å²) in [6, 6.07) is 6.74. The van der Waals surface area contributed by atoms with Crippen molar-refractivity contribution in [3.63, 3.8) is 0 Å². The van der Waals surface area contributed by atoms with Gasteiger partial charge in [-0.3, -0.25) is 4.79 Å². The van der Waals surface area contributed by atoms with E-state index >= 15 is 0 Å². The van der Waals surface area contributed by atoms with Crippen molar-refractivity contribution < 1.29 is 9.90 Å². The Morgan fingerprint density at radius 3 is 3.00 bits per heavy atom. The quantitative estimate of drug-likeness (QED) is 0.898. The van der Waals surface area contributed by atoms with Crippen molar-refractivity contribution in [1.82, 2.24) is 15.3 Å². The lowest BCUT2D eigenvalue weighted by Crippen LogP contribution is -2.32. The first-order valence-electron chi connectivity index (χ1n) is 8.13. The van der Waals surface area contributed by atoms with Gasteiger partial charge in [0.15, 0.2) is 0 Å². The van der Waals surface area contributed by atoms with Crippen LogP contribution in [0.4, 0.5) is 5.95 Å². The molecule has 0 bridgehead atoms. The Hall–Kier alpha value is -2.63. The highest BCUT2D eigenvalue weighted by Gasteiger charge is 2.24. The fourth-order valence-electron chi connectivity index (χ4n) is 3.00. The van der Waals surface area contributed by atoms with Crippen LogP contribution in [-0.2, 0) is 17.6 Å². The summed E-state index contributed by atoms with van der Waals surface area (Å²) in [6.45, 7) is 0. The molecule has 0 saturated carbocycles. The van der Waals surface area contributed by atoms with Gasteiger partial charge in [0.2, 0.25) is 11.9 Å². The Bertz CT molecular complexity index is 746. The summed E-state index contributed by atoms with van der Waals surface area (Å²) < 4.78 is 0. The SMILES string of the molecule is CN(C)c1ncc2c(n1)CCC[C@@H]2NC(=O)Cc1cccc(O)c1. The number of hydrogen-bond acceptors (Lipinski definition) is 5. The van der Waals surface area contributed by atoms with Gasteiger partial charge in [-0.15, -0.1) is 0 Å². The molecule has 6 heteroatoms. The number of carbonyl (C=O) groups excluding carboxylic acids is 1. The first-order valence-corrected chi connectivity index (χ1v) is 8.13. The van der Waals surface area contributed by atoms with Crippen molar-refractivity contribution in [2.45, 2.75) is 31.7 Å².